The van der Waals surface area contributed by atoms with Gasteiger partial charge in [0.1, 0.15) is 11.2 Å². The van der Waals surface area contributed by atoms with Crippen molar-refractivity contribution in [3.63, 3.8) is 0 Å². The Balaban J connectivity index is 1.20. The van der Waals surface area contributed by atoms with Gasteiger partial charge in [-0.25, -0.2) is 14.4 Å². The third-order valence-corrected chi connectivity index (χ3v) is 6.72. The fourth-order valence-electron chi connectivity index (χ4n) is 4.25. The average Bonchev–Trinajstić information content (AvgIpc) is 3.50. The van der Waals surface area contributed by atoms with E-state index in [0.717, 1.165) is 11.8 Å². The highest BCUT2D eigenvalue weighted by Gasteiger charge is 2.66. The zero-order chi connectivity index (χ0) is 28.7. The number of hydrogen-bond donors (Lipinski definition) is 3. The number of benzene rings is 1. The number of aromatic nitrogens is 5. The standard InChI is InChI=1S/C26H25F4N7O3/c1-14(38)13-37-15(2)20(12-33-37)34-24-31-10-18(11-32-24)16-3-4-17(19(27)7-16)8-23(39)35-22-9-21(40-36-22)25(5-6-25)26(28,29)30/h3-4,7,9-12,14,38H,5-6,8,13H2,1-2H3,(H,31,32,34)(H,35,36,39)/t14-/m1/s1. The number of amides is 1. The van der Waals surface area contributed by atoms with E-state index < -0.39 is 29.4 Å². The number of nitrogens with zero attached hydrogens (tertiary/aromatic N) is 5. The molecule has 10 nitrogen and oxygen atoms in total. The van der Waals surface area contributed by atoms with Crippen molar-refractivity contribution in [1.82, 2.24) is 24.9 Å². The Labute approximate surface area is 225 Å². The van der Waals surface area contributed by atoms with Gasteiger partial charge in [0.15, 0.2) is 11.6 Å². The lowest BCUT2D eigenvalue weighted by molar-refractivity contribution is -0.165. The van der Waals surface area contributed by atoms with Crippen molar-refractivity contribution < 1.29 is 32.0 Å². The lowest BCUT2D eigenvalue weighted by atomic mass is 10.0. The number of aliphatic hydroxyl groups is 1. The van der Waals surface area contributed by atoms with Crippen LogP contribution in [0, 0.1) is 12.7 Å². The maximum absolute atomic E-state index is 14.8. The van der Waals surface area contributed by atoms with Crippen molar-refractivity contribution in [1.29, 1.82) is 0 Å². The maximum Gasteiger partial charge on any atom is 0.401 e. The number of carbonyl (C=O) groups is 1. The molecule has 1 saturated carbocycles. The summed E-state index contributed by atoms with van der Waals surface area (Å²) >= 11 is 0. The normalized spacial score (nSPS) is 15.1. The van der Waals surface area contributed by atoms with E-state index in [-0.39, 0.29) is 36.4 Å². The summed E-state index contributed by atoms with van der Waals surface area (Å²) in [5, 5.41) is 22.7. The van der Waals surface area contributed by atoms with Gasteiger partial charge < -0.3 is 20.3 Å². The second-order valence-electron chi connectivity index (χ2n) is 9.78. The zero-order valence-corrected chi connectivity index (χ0v) is 21.5. The molecule has 1 aromatic carbocycles. The smallest absolute Gasteiger partial charge is 0.391 e. The fourth-order valence-corrected chi connectivity index (χ4v) is 4.25. The van der Waals surface area contributed by atoms with Crippen LogP contribution >= 0.6 is 0 Å². The number of hydrogen-bond acceptors (Lipinski definition) is 8. The van der Waals surface area contributed by atoms with Crippen LogP contribution in [0.3, 0.4) is 0 Å². The van der Waals surface area contributed by atoms with Crippen LogP contribution in [-0.2, 0) is 23.2 Å². The van der Waals surface area contributed by atoms with Crippen molar-refractivity contribution in [3.05, 3.63) is 65.7 Å². The maximum atomic E-state index is 14.8. The molecule has 1 aliphatic rings. The van der Waals surface area contributed by atoms with Crippen molar-refractivity contribution >= 4 is 23.4 Å². The minimum absolute atomic E-state index is 0.0859. The first kappa shape index (κ1) is 27.2. The number of aliphatic hydroxyl groups excluding tert-OH is 1. The van der Waals surface area contributed by atoms with E-state index in [2.05, 4.69) is 30.9 Å². The first-order valence-corrected chi connectivity index (χ1v) is 12.4. The van der Waals surface area contributed by atoms with Gasteiger partial charge in [0.25, 0.3) is 0 Å². The Bertz CT molecular complexity index is 1530. The number of nitrogens with one attached hydrogen (secondary N) is 2. The van der Waals surface area contributed by atoms with Crippen LogP contribution in [0.1, 0.15) is 36.8 Å². The molecule has 3 heterocycles. The number of alkyl halides is 3. The first-order chi connectivity index (χ1) is 18.9. The van der Waals surface area contributed by atoms with Gasteiger partial charge in [-0.05, 0) is 43.9 Å². The van der Waals surface area contributed by atoms with Gasteiger partial charge in [-0.15, -0.1) is 0 Å². The molecule has 0 bridgehead atoms. The van der Waals surface area contributed by atoms with Crippen LogP contribution < -0.4 is 10.6 Å². The molecule has 0 radical (unpaired) electrons. The van der Waals surface area contributed by atoms with Gasteiger partial charge in [0.2, 0.25) is 11.9 Å². The molecule has 0 aliphatic heterocycles. The van der Waals surface area contributed by atoms with Gasteiger partial charge >= 0.3 is 6.18 Å². The minimum Gasteiger partial charge on any atom is -0.391 e. The second-order valence-corrected chi connectivity index (χ2v) is 9.78. The van der Waals surface area contributed by atoms with Crippen LogP contribution in [-0.4, -0.2) is 48.2 Å². The van der Waals surface area contributed by atoms with Crippen LogP contribution in [0.2, 0.25) is 0 Å². The molecule has 3 aromatic heterocycles. The molecule has 14 heteroatoms. The van der Waals surface area contributed by atoms with Gasteiger partial charge in [0.05, 0.1) is 36.6 Å². The van der Waals surface area contributed by atoms with Crippen molar-refractivity contribution in [2.75, 3.05) is 10.6 Å². The van der Waals surface area contributed by atoms with Crippen LogP contribution in [0.5, 0.6) is 0 Å². The molecular formula is C26H25F4N7O3. The summed E-state index contributed by atoms with van der Waals surface area (Å²) in [6, 6.07) is 5.34. The molecule has 1 amide bonds. The monoisotopic (exact) mass is 559 g/mol. The number of rotatable bonds is 9. The van der Waals surface area contributed by atoms with E-state index in [0.29, 0.717) is 29.3 Å². The summed E-state index contributed by atoms with van der Waals surface area (Å²) < 4.78 is 61.1. The molecule has 0 unspecified atom stereocenters. The summed E-state index contributed by atoms with van der Waals surface area (Å²) in [6.07, 6.45) is -0.944. The van der Waals surface area contributed by atoms with Gasteiger partial charge in [-0.1, -0.05) is 17.3 Å². The van der Waals surface area contributed by atoms with E-state index in [1.807, 2.05) is 6.92 Å². The molecule has 3 N–H and O–H groups in total. The van der Waals surface area contributed by atoms with E-state index in [1.54, 1.807) is 23.9 Å². The van der Waals surface area contributed by atoms with Gasteiger partial charge in [-0.3, -0.25) is 9.48 Å². The van der Waals surface area contributed by atoms with Crippen molar-refractivity contribution in [2.45, 2.75) is 57.3 Å². The van der Waals surface area contributed by atoms with Crippen LogP contribution in [0.4, 0.5) is 35.0 Å². The largest absolute Gasteiger partial charge is 0.401 e. The molecule has 1 fully saturated rings. The van der Waals surface area contributed by atoms with E-state index in [4.69, 9.17) is 4.52 Å². The molecule has 5 rings (SSSR count). The zero-order valence-electron chi connectivity index (χ0n) is 21.5. The summed E-state index contributed by atoms with van der Waals surface area (Å²) in [4.78, 5) is 20.9. The average molecular weight is 560 g/mol. The Morgan fingerprint density at radius 2 is 1.90 bits per heavy atom. The Morgan fingerprint density at radius 3 is 2.52 bits per heavy atom. The Morgan fingerprint density at radius 1 is 1.18 bits per heavy atom. The van der Waals surface area contributed by atoms with Crippen molar-refractivity contribution in [3.8, 4) is 11.1 Å². The van der Waals surface area contributed by atoms with Gasteiger partial charge in [0, 0.05) is 24.0 Å². The lowest BCUT2D eigenvalue weighted by Gasteiger charge is -2.14. The Hall–Kier alpha value is -4.33. The fraction of sp³-hybridized carbons (Fsp3) is 0.346. The predicted molar refractivity (Wildman–Crippen MR) is 135 cm³/mol. The molecule has 40 heavy (non-hydrogen) atoms. The number of halogens is 4. The summed E-state index contributed by atoms with van der Waals surface area (Å²) in [5.41, 5.74) is 0.531. The highest BCUT2D eigenvalue weighted by molar-refractivity contribution is 5.91. The number of carbonyl (C=O) groups excluding carboxylic acids is 1. The second kappa shape index (κ2) is 10.3. The van der Waals surface area contributed by atoms with Crippen LogP contribution in [0.15, 0.2) is 47.4 Å². The van der Waals surface area contributed by atoms with Crippen LogP contribution in [0.25, 0.3) is 11.1 Å². The van der Waals surface area contributed by atoms with E-state index in [9.17, 15) is 27.5 Å². The SMILES string of the molecule is Cc1c(Nc2ncc(-c3ccc(CC(=O)Nc4cc(C5(C(F)(F)F)CC5)on4)c(F)c3)cn2)cnn1C[C@@H](C)O. The summed E-state index contributed by atoms with van der Waals surface area (Å²) in [5.74, 6) is -1.52. The highest BCUT2D eigenvalue weighted by atomic mass is 19.4. The third kappa shape index (κ3) is 5.52. The minimum atomic E-state index is -4.47. The molecule has 0 spiro atoms. The molecular weight excluding hydrogens is 534 g/mol. The summed E-state index contributed by atoms with van der Waals surface area (Å²) in [7, 11) is 0. The van der Waals surface area contributed by atoms with Crippen molar-refractivity contribution in [2.24, 2.45) is 0 Å². The molecule has 4 aromatic rings. The third-order valence-electron chi connectivity index (χ3n) is 6.72. The topological polar surface area (TPSA) is 131 Å². The first-order valence-electron chi connectivity index (χ1n) is 12.4. The molecule has 0 saturated heterocycles. The van der Waals surface area contributed by atoms with E-state index in [1.165, 1.54) is 24.5 Å². The number of anilines is 3. The Kier molecular flexibility index (Phi) is 7.04. The predicted octanol–water partition coefficient (Wildman–Crippen LogP) is 4.68. The molecule has 210 valence electrons. The quantitative estimate of drug-likeness (QED) is 0.252. The molecule has 1 atom stereocenters. The highest BCUT2D eigenvalue weighted by Crippen LogP contribution is 2.59. The summed E-state index contributed by atoms with van der Waals surface area (Å²) in [6.45, 7) is 3.86. The van der Waals surface area contributed by atoms with E-state index >= 15 is 0 Å². The molecule has 1 aliphatic carbocycles. The lowest BCUT2D eigenvalue weighted by Crippen LogP contribution is -2.28. The van der Waals surface area contributed by atoms with Gasteiger partial charge in [-0.2, -0.15) is 18.3 Å².